The third-order valence-electron chi connectivity index (χ3n) is 2.56. The molecule has 0 aliphatic heterocycles. The van der Waals surface area contributed by atoms with Crippen molar-refractivity contribution in [2.75, 3.05) is 7.11 Å². The molecule has 0 heterocycles. The van der Waals surface area contributed by atoms with Crippen LogP contribution in [0.3, 0.4) is 0 Å². The van der Waals surface area contributed by atoms with E-state index in [1.165, 1.54) is 0 Å². The maximum absolute atomic E-state index is 11.4. The summed E-state index contributed by atoms with van der Waals surface area (Å²) in [5.41, 5.74) is 0. The van der Waals surface area contributed by atoms with Crippen LogP contribution in [0.5, 0.6) is 0 Å². The van der Waals surface area contributed by atoms with Gasteiger partial charge in [-0.05, 0) is 0 Å². The number of methoxy groups -OCH3 is 1. The largest absolute Gasteiger partial charge is 0.481 e. The molecule has 0 aliphatic carbocycles. The Morgan fingerprint density at radius 1 is 1.15 bits per heavy atom. The van der Waals surface area contributed by atoms with Crippen LogP contribution in [0.25, 0.3) is 0 Å². The van der Waals surface area contributed by atoms with Crippen molar-refractivity contribution < 1.29 is 53.2 Å². The zero-order chi connectivity index (χ0) is 16.4. The topological polar surface area (TPSA) is 199 Å². The second kappa shape index (κ2) is 6.31. The Morgan fingerprint density at radius 2 is 1.60 bits per heavy atom. The van der Waals surface area contributed by atoms with E-state index in [-0.39, 0.29) is 0 Å². The Labute approximate surface area is 112 Å². The maximum atomic E-state index is 11.4. The van der Waals surface area contributed by atoms with Crippen molar-refractivity contribution in [3.05, 3.63) is 0 Å². The Hall–Kier alpha value is -0.800. The molecule has 20 heavy (non-hydrogen) atoms. The number of hydrogen-bond donors (Lipinski definition) is 6. The van der Waals surface area contributed by atoms with Crippen molar-refractivity contribution in [1.82, 2.24) is 0 Å². The van der Waals surface area contributed by atoms with E-state index in [1.807, 2.05) is 0 Å². The molecule has 2 atom stereocenters. The summed E-state index contributed by atoms with van der Waals surface area (Å²) in [5, 5.41) is 14.4. The van der Waals surface area contributed by atoms with Gasteiger partial charge in [0.05, 0.1) is 6.42 Å². The minimum Gasteiger partial charge on any atom is -0.481 e. The zero-order valence-electron chi connectivity index (χ0n) is 10.1. The van der Waals surface area contributed by atoms with E-state index in [0.717, 1.165) is 7.11 Å². The first kappa shape index (κ1) is 19.2. The lowest BCUT2D eigenvalue weighted by atomic mass is 10.0. The fraction of sp³-hybridized carbons (Fsp3) is 0.714. The smallest absolute Gasteiger partial charge is 0.354 e. The molecule has 0 radical (unpaired) electrons. The second-order valence-corrected chi connectivity index (χ2v) is 7.63. The van der Waals surface area contributed by atoms with Gasteiger partial charge in [-0.1, -0.05) is 0 Å². The molecule has 0 bridgehead atoms. The van der Waals surface area contributed by atoms with Gasteiger partial charge in [0.1, 0.15) is 0 Å². The first-order chi connectivity index (χ1) is 8.78. The molecule has 2 unspecified atom stereocenters. The molecule has 0 aromatic carbocycles. The van der Waals surface area contributed by atoms with Gasteiger partial charge in [-0.2, -0.15) is 0 Å². The summed E-state index contributed by atoms with van der Waals surface area (Å²) in [6, 6.07) is 0. The molecule has 0 aromatic rings. The van der Waals surface area contributed by atoms with Crippen molar-refractivity contribution in [1.29, 1.82) is 0 Å². The molecule has 0 saturated carbocycles. The van der Waals surface area contributed by atoms with Crippen LogP contribution in [-0.4, -0.2) is 59.8 Å². The number of carboxylic acid groups (broad SMARTS) is 2. The zero-order valence-corrected chi connectivity index (χ0v) is 11.9. The van der Waals surface area contributed by atoms with Gasteiger partial charge in [0, 0.05) is 13.5 Å². The molecular weight excluding hydrogens is 322 g/mol. The van der Waals surface area contributed by atoms with E-state index in [4.69, 9.17) is 29.8 Å². The van der Waals surface area contributed by atoms with Crippen LogP contribution in [0.2, 0.25) is 0 Å². The SMILES string of the molecule is COC(CC(CC(=O)O)(C(=O)O)P(=O)(O)O)P(=O)(O)O. The summed E-state index contributed by atoms with van der Waals surface area (Å²) in [4.78, 5) is 57.8. The lowest BCUT2D eigenvalue weighted by Crippen LogP contribution is -2.44. The fourth-order valence-electron chi connectivity index (χ4n) is 1.46. The van der Waals surface area contributed by atoms with Crippen LogP contribution in [0.15, 0.2) is 0 Å². The average molecular weight is 336 g/mol. The highest BCUT2D eigenvalue weighted by Gasteiger charge is 2.58. The highest BCUT2D eigenvalue weighted by molar-refractivity contribution is 7.55. The predicted molar refractivity (Wildman–Crippen MR) is 62.1 cm³/mol. The molecule has 13 heteroatoms. The van der Waals surface area contributed by atoms with Crippen molar-refractivity contribution in [2.24, 2.45) is 0 Å². The first-order valence-electron chi connectivity index (χ1n) is 4.87. The number of carbonyl (C=O) groups is 2. The summed E-state index contributed by atoms with van der Waals surface area (Å²) in [6.07, 6.45) is -2.88. The number of ether oxygens (including phenoxy) is 1. The third kappa shape index (κ3) is 4.35. The van der Waals surface area contributed by atoms with E-state index in [0.29, 0.717) is 0 Å². The van der Waals surface area contributed by atoms with Gasteiger partial charge in [0.25, 0.3) is 0 Å². The van der Waals surface area contributed by atoms with Crippen LogP contribution >= 0.6 is 15.2 Å². The average Bonchev–Trinajstić information content (AvgIpc) is 2.19. The Balaban J connectivity index is 5.88. The van der Waals surface area contributed by atoms with E-state index in [1.54, 1.807) is 0 Å². The summed E-state index contributed by atoms with van der Waals surface area (Å²) >= 11 is 0. The highest BCUT2D eigenvalue weighted by atomic mass is 31.2. The van der Waals surface area contributed by atoms with Gasteiger partial charge in [-0.25, -0.2) is 0 Å². The molecular formula is C7H14O11P2. The molecule has 11 nitrogen and oxygen atoms in total. The molecule has 0 fully saturated rings. The summed E-state index contributed by atoms with van der Waals surface area (Å²) in [7, 11) is -9.82. The molecule has 6 N–H and O–H groups in total. The first-order valence-corrected chi connectivity index (χ1v) is 8.16. The van der Waals surface area contributed by atoms with E-state index in [2.05, 4.69) is 4.74 Å². The Morgan fingerprint density at radius 3 is 1.80 bits per heavy atom. The standard InChI is InChI=1S/C7H14O11P2/c1-18-5(19(12,13)14)3-7(6(10)11,2-4(8)9)20(15,16)17/h5H,2-3H2,1H3,(H,8,9)(H,10,11)(H2,12,13,14)(H2,15,16,17). The number of carboxylic acids is 2. The number of rotatable bonds is 8. The number of hydrogen-bond acceptors (Lipinski definition) is 5. The lowest BCUT2D eigenvalue weighted by Gasteiger charge is -2.31. The second-order valence-electron chi connectivity index (χ2n) is 3.93. The van der Waals surface area contributed by atoms with Crippen LogP contribution in [0, 0.1) is 0 Å². The summed E-state index contributed by atoms with van der Waals surface area (Å²) in [6.45, 7) is 0. The maximum Gasteiger partial charge on any atom is 0.354 e. The van der Waals surface area contributed by atoms with Crippen LogP contribution in [0.4, 0.5) is 0 Å². The van der Waals surface area contributed by atoms with E-state index in [9.17, 15) is 18.7 Å². The normalized spacial score (nSPS) is 17.2. The monoisotopic (exact) mass is 336 g/mol. The van der Waals surface area contributed by atoms with Gasteiger partial charge in [-0.15, -0.1) is 0 Å². The van der Waals surface area contributed by atoms with E-state index >= 15 is 0 Å². The quantitative estimate of drug-likeness (QED) is 0.297. The molecule has 0 aromatic heterocycles. The molecule has 0 saturated heterocycles. The Kier molecular flexibility index (Phi) is 6.06. The van der Waals surface area contributed by atoms with E-state index < -0.39 is 51.0 Å². The minimum absolute atomic E-state index is 0.789. The van der Waals surface area contributed by atoms with Crippen molar-refractivity contribution in [2.45, 2.75) is 23.8 Å². The van der Waals surface area contributed by atoms with Crippen LogP contribution < -0.4 is 0 Å². The number of aliphatic carboxylic acids is 2. The highest BCUT2D eigenvalue weighted by Crippen LogP contribution is 2.58. The molecule has 0 rings (SSSR count). The summed E-state index contributed by atoms with van der Waals surface area (Å²) < 4.78 is 26.7. The minimum atomic E-state index is -5.56. The molecule has 0 spiro atoms. The van der Waals surface area contributed by atoms with Gasteiger partial charge >= 0.3 is 27.1 Å². The third-order valence-corrected chi connectivity index (χ3v) is 5.35. The molecule has 0 aliphatic rings. The van der Waals surface area contributed by atoms with Gasteiger partial charge < -0.3 is 34.5 Å². The molecule has 118 valence electrons. The van der Waals surface area contributed by atoms with Crippen LogP contribution in [-0.2, 0) is 23.5 Å². The molecule has 0 amide bonds. The van der Waals surface area contributed by atoms with Crippen molar-refractivity contribution >= 4 is 27.1 Å². The van der Waals surface area contributed by atoms with Crippen molar-refractivity contribution in [3.63, 3.8) is 0 Å². The van der Waals surface area contributed by atoms with Gasteiger partial charge in [0.2, 0.25) is 0 Å². The van der Waals surface area contributed by atoms with Gasteiger partial charge in [0.15, 0.2) is 11.0 Å². The van der Waals surface area contributed by atoms with Gasteiger partial charge in [-0.3, -0.25) is 18.7 Å². The lowest BCUT2D eigenvalue weighted by molar-refractivity contribution is -0.148. The summed E-state index contributed by atoms with van der Waals surface area (Å²) in [5.74, 6) is -6.20. The fourth-order valence-corrected chi connectivity index (χ4v) is 3.42. The Bertz CT molecular complexity index is 475. The van der Waals surface area contributed by atoms with Crippen LogP contribution in [0.1, 0.15) is 12.8 Å². The predicted octanol–water partition coefficient (Wildman–Crippen LogP) is -0.998. The van der Waals surface area contributed by atoms with Crippen molar-refractivity contribution in [3.8, 4) is 0 Å².